The largest absolute Gasteiger partial charge is 0.494 e. The van der Waals surface area contributed by atoms with Gasteiger partial charge in [0.05, 0.1) is 6.61 Å². The molecule has 0 aromatic heterocycles. The maximum absolute atomic E-state index is 12.8. The maximum atomic E-state index is 12.8. The third-order valence-electron chi connectivity index (χ3n) is 6.05. The maximum Gasteiger partial charge on any atom is 0.251 e. The Morgan fingerprint density at radius 3 is 2.56 bits per heavy atom. The summed E-state index contributed by atoms with van der Waals surface area (Å²) in [6, 6.07) is 7.92. The third-order valence-corrected chi connectivity index (χ3v) is 6.05. The fourth-order valence-corrected chi connectivity index (χ4v) is 4.38. The van der Waals surface area contributed by atoms with Crippen LogP contribution in [0.5, 0.6) is 5.75 Å². The molecule has 1 saturated carbocycles. The number of carbonyl (C=O) groups is 1. The summed E-state index contributed by atoms with van der Waals surface area (Å²) in [4.78, 5) is 15.4. The average Bonchev–Trinajstić information content (AvgIpc) is 2.71. The first-order valence-corrected chi connectivity index (χ1v) is 11.0. The van der Waals surface area contributed by atoms with Crippen LogP contribution in [0, 0.1) is 5.92 Å². The lowest BCUT2D eigenvalue weighted by Gasteiger charge is -2.37. The highest BCUT2D eigenvalue weighted by Gasteiger charge is 2.28. The zero-order chi connectivity index (χ0) is 18.9. The molecule has 1 aromatic rings. The molecule has 1 aliphatic carbocycles. The fourth-order valence-electron chi connectivity index (χ4n) is 4.38. The molecule has 1 amide bonds. The van der Waals surface area contributed by atoms with Crippen LogP contribution in [-0.4, -0.2) is 43.1 Å². The lowest BCUT2D eigenvalue weighted by Crippen LogP contribution is -2.47. The van der Waals surface area contributed by atoms with Gasteiger partial charge in [-0.3, -0.25) is 4.79 Å². The molecule has 0 bridgehead atoms. The third kappa shape index (κ3) is 6.24. The first-order valence-electron chi connectivity index (χ1n) is 11.0. The van der Waals surface area contributed by atoms with Crippen LogP contribution in [0.2, 0.25) is 0 Å². The molecule has 0 radical (unpaired) electrons. The van der Waals surface area contributed by atoms with E-state index in [0.717, 1.165) is 43.7 Å². The van der Waals surface area contributed by atoms with Crippen LogP contribution in [0.25, 0.3) is 0 Å². The van der Waals surface area contributed by atoms with Crippen molar-refractivity contribution in [2.24, 2.45) is 5.92 Å². The van der Waals surface area contributed by atoms with E-state index in [1.165, 1.54) is 51.6 Å². The van der Waals surface area contributed by atoms with Gasteiger partial charge in [0.25, 0.3) is 5.91 Å². The van der Waals surface area contributed by atoms with Gasteiger partial charge < -0.3 is 15.0 Å². The number of amides is 1. The standard InChI is InChI=1S/C23H36N2O2/c1-2-3-17-27-21-13-11-19(12-14-21)23(26)24-22-10-6-5-9-20(22)18-25-15-7-4-8-16-25/h11-14,20,22H,2-10,15-18H2,1H3,(H,24,26). The Morgan fingerprint density at radius 2 is 1.81 bits per heavy atom. The molecule has 2 atom stereocenters. The van der Waals surface area contributed by atoms with Gasteiger partial charge in [-0.1, -0.05) is 32.6 Å². The highest BCUT2D eigenvalue weighted by Crippen LogP contribution is 2.27. The number of nitrogens with zero attached hydrogens (tertiary/aromatic N) is 1. The molecule has 150 valence electrons. The highest BCUT2D eigenvalue weighted by atomic mass is 16.5. The zero-order valence-corrected chi connectivity index (χ0v) is 16.9. The van der Waals surface area contributed by atoms with Crippen molar-refractivity contribution in [2.75, 3.05) is 26.2 Å². The van der Waals surface area contributed by atoms with Gasteiger partial charge in [0.2, 0.25) is 0 Å². The van der Waals surface area contributed by atoms with E-state index in [1.807, 2.05) is 24.3 Å². The number of piperidine rings is 1. The number of rotatable bonds is 8. The van der Waals surface area contributed by atoms with E-state index in [-0.39, 0.29) is 5.91 Å². The van der Waals surface area contributed by atoms with Crippen LogP contribution in [0.3, 0.4) is 0 Å². The van der Waals surface area contributed by atoms with Crippen LogP contribution in [0.1, 0.15) is 75.1 Å². The van der Waals surface area contributed by atoms with E-state index in [4.69, 9.17) is 4.74 Å². The molecule has 0 spiro atoms. The van der Waals surface area contributed by atoms with E-state index in [0.29, 0.717) is 12.0 Å². The Balaban J connectivity index is 1.52. The second-order valence-corrected chi connectivity index (χ2v) is 8.21. The molecule has 2 fully saturated rings. The molecule has 3 rings (SSSR count). The van der Waals surface area contributed by atoms with E-state index in [1.54, 1.807) is 0 Å². The van der Waals surface area contributed by atoms with Gasteiger partial charge in [0.15, 0.2) is 0 Å². The summed E-state index contributed by atoms with van der Waals surface area (Å²) < 4.78 is 5.70. The summed E-state index contributed by atoms with van der Waals surface area (Å²) in [5, 5.41) is 3.34. The average molecular weight is 373 g/mol. The minimum atomic E-state index is 0.0608. The number of ether oxygens (including phenoxy) is 1. The summed E-state index contributed by atoms with van der Waals surface area (Å²) in [7, 11) is 0. The normalized spacial score (nSPS) is 23.7. The number of carbonyl (C=O) groups excluding carboxylic acids is 1. The minimum Gasteiger partial charge on any atom is -0.494 e. The van der Waals surface area contributed by atoms with Gasteiger partial charge >= 0.3 is 0 Å². The summed E-state index contributed by atoms with van der Waals surface area (Å²) in [6.45, 7) is 6.51. The molecule has 1 N–H and O–H groups in total. The Morgan fingerprint density at radius 1 is 1.07 bits per heavy atom. The monoisotopic (exact) mass is 372 g/mol. The van der Waals surface area contributed by atoms with Crippen molar-refractivity contribution in [3.63, 3.8) is 0 Å². The SMILES string of the molecule is CCCCOc1ccc(C(=O)NC2CCCCC2CN2CCCCC2)cc1. The molecule has 2 aliphatic rings. The first-order chi connectivity index (χ1) is 13.3. The smallest absolute Gasteiger partial charge is 0.251 e. The molecule has 1 aliphatic heterocycles. The van der Waals surface area contributed by atoms with Crippen molar-refractivity contribution < 1.29 is 9.53 Å². The molecule has 1 aromatic carbocycles. The van der Waals surface area contributed by atoms with Crippen LogP contribution in [-0.2, 0) is 0 Å². The topological polar surface area (TPSA) is 41.6 Å². The predicted octanol–water partition coefficient (Wildman–Crippen LogP) is 4.64. The number of unbranched alkanes of at least 4 members (excludes halogenated alkanes) is 1. The van der Waals surface area contributed by atoms with Gasteiger partial charge in [-0.25, -0.2) is 0 Å². The van der Waals surface area contributed by atoms with Crippen LogP contribution < -0.4 is 10.1 Å². The molecular weight excluding hydrogens is 336 g/mol. The Bertz CT molecular complexity index is 566. The summed E-state index contributed by atoms with van der Waals surface area (Å²) >= 11 is 0. The fraction of sp³-hybridized carbons (Fsp3) is 0.696. The molecule has 27 heavy (non-hydrogen) atoms. The van der Waals surface area contributed by atoms with Gasteiger partial charge in [-0.05, 0) is 75.4 Å². The van der Waals surface area contributed by atoms with Gasteiger partial charge in [-0.15, -0.1) is 0 Å². The lowest BCUT2D eigenvalue weighted by molar-refractivity contribution is 0.0877. The Kier molecular flexibility index (Phi) is 8.00. The summed E-state index contributed by atoms with van der Waals surface area (Å²) in [5.74, 6) is 1.50. The van der Waals surface area contributed by atoms with Gasteiger partial charge in [0, 0.05) is 18.2 Å². The summed E-state index contributed by atoms with van der Waals surface area (Å²) in [6.07, 6.45) is 11.1. The number of hydrogen-bond acceptors (Lipinski definition) is 3. The molecular formula is C23H36N2O2. The molecule has 2 unspecified atom stereocenters. The zero-order valence-electron chi connectivity index (χ0n) is 16.9. The van der Waals surface area contributed by atoms with Crippen LogP contribution in [0.15, 0.2) is 24.3 Å². The second kappa shape index (κ2) is 10.7. The lowest BCUT2D eigenvalue weighted by atomic mass is 9.83. The first kappa shape index (κ1) is 20.2. The molecule has 1 saturated heterocycles. The van der Waals surface area contributed by atoms with Gasteiger partial charge in [0.1, 0.15) is 5.75 Å². The van der Waals surface area contributed by atoms with Crippen LogP contribution in [0.4, 0.5) is 0 Å². The number of nitrogens with one attached hydrogen (secondary N) is 1. The predicted molar refractivity (Wildman–Crippen MR) is 110 cm³/mol. The van der Waals surface area contributed by atoms with Crippen molar-refractivity contribution in [2.45, 2.75) is 70.8 Å². The minimum absolute atomic E-state index is 0.0608. The molecule has 4 nitrogen and oxygen atoms in total. The Labute approximate surface area is 164 Å². The van der Waals surface area contributed by atoms with Crippen LogP contribution >= 0.6 is 0 Å². The Hall–Kier alpha value is -1.55. The highest BCUT2D eigenvalue weighted by molar-refractivity contribution is 5.94. The van der Waals surface area contributed by atoms with E-state index < -0.39 is 0 Å². The molecule has 1 heterocycles. The quantitative estimate of drug-likeness (QED) is 0.676. The number of likely N-dealkylation sites (tertiary alicyclic amines) is 1. The van der Waals surface area contributed by atoms with E-state index in [2.05, 4.69) is 17.1 Å². The van der Waals surface area contributed by atoms with Crippen molar-refractivity contribution >= 4 is 5.91 Å². The molecule has 4 heteroatoms. The van der Waals surface area contributed by atoms with Crippen molar-refractivity contribution in [3.8, 4) is 5.75 Å². The van der Waals surface area contributed by atoms with Gasteiger partial charge in [-0.2, -0.15) is 0 Å². The van der Waals surface area contributed by atoms with E-state index in [9.17, 15) is 4.79 Å². The van der Waals surface area contributed by atoms with Crippen molar-refractivity contribution in [3.05, 3.63) is 29.8 Å². The van der Waals surface area contributed by atoms with E-state index >= 15 is 0 Å². The summed E-state index contributed by atoms with van der Waals surface area (Å²) in [5.41, 5.74) is 0.736. The second-order valence-electron chi connectivity index (χ2n) is 8.21. The van der Waals surface area contributed by atoms with Crippen molar-refractivity contribution in [1.29, 1.82) is 0 Å². The van der Waals surface area contributed by atoms with Crippen molar-refractivity contribution in [1.82, 2.24) is 10.2 Å². The number of hydrogen-bond donors (Lipinski definition) is 1. The number of benzene rings is 1.